The Morgan fingerprint density at radius 2 is 2.00 bits per heavy atom. The van der Waals surface area contributed by atoms with Crippen LogP contribution in [0.1, 0.15) is 40.0 Å². The van der Waals surface area contributed by atoms with E-state index in [4.69, 9.17) is 16.3 Å². The largest absolute Gasteiger partial charge is 0.444 e. The molecule has 0 radical (unpaired) electrons. The lowest BCUT2D eigenvalue weighted by molar-refractivity contribution is 0.0479. The fourth-order valence-electron chi connectivity index (χ4n) is 2.81. The second-order valence-corrected chi connectivity index (χ2v) is 8.94. The van der Waals surface area contributed by atoms with Crippen molar-refractivity contribution in [3.8, 4) is 0 Å². The molecule has 1 aliphatic rings. The lowest BCUT2D eigenvalue weighted by atomic mass is 10.1. The molecule has 4 nitrogen and oxygen atoms in total. The Morgan fingerprint density at radius 3 is 2.64 bits per heavy atom. The SMILES string of the molecule is CC(C)(C)OC(=O)NC1CCN(CCCSc2ccccc2Cl)CC1. The Bertz CT molecular complexity index is 555. The predicted octanol–water partition coefficient (Wildman–Crippen LogP) is 4.81. The van der Waals surface area contributed by atoms with Crippen molar-refractivity contribution in [1.82, 2.24) is 10.2 Å². The first-order chi connectivity index (χ1) is 11.8. The highest BCUT2D eigenvalue weighted by Crippen LogP contribution is 2.27. The van der Waals surface area contributed by atoms with Gasteiger partial charge in [-0.05, 0) is 64.5 Å². The first kappa shape index (κ1) is 20.4. The van der Waals surface area contributed by atoms with E-state index in [-0.39, 0.29) is 12.1 Å². The number of piperidine rings is 1. The lowest BCUT2D eigenvalue weighted by Gasteiger charge is -2.32. The van der Waals surface area contributed by atoms with E-state index in [1.165, 1.54) is 0 Å². The van der Waals surface area contributed by atoms with Gasteiger partial charge in [0.1, 0.15) is 5.60 Å². The lowest BCUT2D eigenvalue weighted by Crippen LogP contribution is -2.46. The molecule has 0 saturated carbocycles. The Labute approximate surface area is 160 Å². The quantitative estimate of drug-likeness (QED) is 0.564. The maximum atomic E-state index is 11.8. The molecule has 0 aromatic heterocycles. The van der Waals surface area contributed by atoms with E-state index >= 15 is 0 Å². The van der Waals surface area contributed by atoms with Crippen LogP contribution in [0.25, 0.3) is 0 Å². The molecule has 0 aliphatic carbocycles. The maximum absolute atomic E-state index is 11.8. The van der Waals surface area contributed by atoms with Crippen LogP contribution in [0.2, 0.25) is 5.02 Å². The monoisotopic (exact) mass is 384 g/mol. The number of carbonyl (C=O) groups excluding carboxylic acids is 1. The van der Waals surface area contributed by atoms with Crippen LogP contribution in [0.5, 0.6) is 0 Å². The van der Waals surface area contributed by atoms with E-state index in [1.807, 2.05) is 50.7 Å². The van der Waals surface area contributed by atoms with Gasteiger partial charge in [-0.3, -0.25) is 0 Å². The molecule has 1 heterocycles. The van der Waals surface area contributed by atoms with Crippen LogP contribution in [0.15, 0.2) is 29.2 Å². The summed E-state index contributed by atoms with van der Waals surface area (Å²) >= 11 is 7.99. The zero-order valence-electron chi connectivity index (χ0n) is 15.4. The second-order valence-electron chi connectivity index (χ2n) is 7.39. The Balaban J connectivity index is 1.59. The predicted molar refractivity (Wildman–Crippen MR) is 106 cm³/mol. The number of hydrogen-bond acceptors (Lipinski definition) is 4. The van der Waals surface area contributed by atoms with Gasteiger partial charge in [-0.1, -0.05) is 23.7 Å². The summed E-state index contributed by atoms with van der Waals surface area (Å²) in [5, 5.41) is 3.82. The molecule has 0 atom stereocenters. The van der Waals surface area contributed by atoms with Crippen molar-refractivity contribution in [2.45, 2.75) is 56.6 Å². The fourth-order valence-corrected chi connectivity index (χ4v) is 3.98. The first-order valence-corrected chi connectivity index (χ1v) is 10.3. The van der Waals surface area contributed by atoms with E-state index in [1.54, 1.807) is 0 Å². The number of ether oxygens (including phenoxy) is 1. The average molecular weight is 385 g/mol. The molecule has 2 rings (SSSR count). The number of amides is 1. The van der Waals surface area contributed by atoms with Crippen molar-refractivity contribution in [2.75, 3.05) is 25.4 Å². The number of nitrogens with zero attached hydrogens (tertiary/aromatic N) is 1. The highest BCUT2D eigenvalue weighted by Gasteiger charge is 2.23. The van der Waals surface area contributed by atoms with Crippen molar-refractivity contribution in [2.24, 2.45) is 0 Å². The number of hydrogen-bond donors (Lipinski definition) is 1. The Hall–Kier alpha value is -0.910. The molecule has 1 N–H and O–H groups in total. The molecule has 0 unspecified atom stereocenters. The highest BCUT2D eigenvalue weighted by atomic mass is 35.5. The number of nitrogens with one attached hydrogen (secondary N) is 1. The van der Waals surface area contributed by atoms with E-state index in [2.05, 4.69) is 16.3 Å². The third-order valence-electron chi connectivity index (χ3n) is 4.02. The van der Waals surface area contributed by atoms with Gasteiger partial charge in [0.25, 0.3) is 0 Å². The Morgan fingerprint density at radius 1 is 1.32 bits per heavy atom. The number of benzene rings is 1. The summed E-state index contributed by atoms with van der Waals surface area (Å²) < 4.78 is 5.32. The van der Waals surface area contributed by atoms with Gasteiger partial charge in [0.2, 0.25) is 0 Å². The van der Waals surface area contributed by atoms with Crippen LogP contribution in [0.4, 0.5) is 4.79 Å². The van der Waals surface area contributed by atoms with E-state index < -0.39 is 5.60 Å². The van der Waals surface area contributed by atoms with Crippen molar-refractivity contribution in [3.05, 3.63) is 29.3 Å². The molecule has 1 fully saturated rings. The third-order valence-corrected chi connectivity index (χ3v) is 5.62. The van der Waals surface area contributed by atoms with Crippen molar-refractivity contribution < 1.29 is 9.53 Å². The van der Waals surface area contributed by atoms with Gasteiger partial charge in [0.05, 0.1) is 5.02 Å². The summed E-state index contributed by atoms with van der Waals surface area (Å²) in [6.45, 7) is 8.80. The molecule has 1 amide bonds. The number of rotatable bonds is 6. The normalized spacial score (nSPS) is 16.6. The molecule has 6 heteroatoms. The van der Waals surface area contributed by atoms with Gasteiger partial charge in [0, 0.05) is 24.0 Å². The smallest absolute Gasteiger partial charge is 0.407 e. The molecule has 140 valence electrons. The molecule has 25 heavy (non-hydrogen) atoms. The van der Waals surface area contributed by atoms with Gasteiger partial charge in [-0.2, -0.15) is 0 Å². The number of alkyl carbamates (subject to hydrolysis) is 1. The van der Waals surface area contributed by atoms with Gasteiger partial charge in [0.15, 0.2) is 0 Å². The van der Waals surface area contributed by atoms with Gasteiger partial charge >= 0.3 is 6.09 Å². The van der Waals surface area contributed by atoms with E-state index in [0.29, 0.717) is 0 Å². The average Bonchev–Trinajstić information content (AvgIpc) is 2.53. The van der Waals surface area contributed by atoms with Crippen molar-refractivity contribution in [3.63, 3.8) is 0 Å². The fraction of sp³-hybridized carbons (Fsp3) is 0.632. The minimum atomic E-state index is -0.440. The van der Waals surface area contributed by atoms with Crippen LogP contribution < -0.4 is 5.32 Å². The molecule has 1 aliphatic heterocycles. The topological polar surface area (TPSA) is 41.6 Å². The van der Waals surface area contributed by atoms with Crippen molar-refractivity contribution >= 4 is 29.5 Å². The number of halogens is 1. The summed E-state index contributed by atoms with van der Waals surface area (Å²) in [7, 11) is 0. The third kappa shape index (κ3) is 7.89. The molecular weight excluding hydrogens is 356 g/mol. The van der Waals surface area contributed by atoms with Crippen LogP contribution in [0, 0.1) is 0 Å². The molecule has 1 aromatic rings. The summed E-state index contributed by atoms with van der Waals surface area (Å²) in [4.78, 5) is 15.5. The van der Waals surface area contributed by atoms with Crippen LogP contribution in [-0.2, 0) is 4.74 Å². The second kappa shape index (κ2) is 9.70. The minimum Gasteiger partial charge on any atom is -0.444 e. The first-order valence-electron chi connectivity index (χ1n) is 8.93. The van der Waals surface area contributed by atoms with Gasteiger partial charge in [-0.15, -0.1) is 11.8 Å². The zero-order chi connectivity index (χ0) is 18.3. The van der Waals surface area contributed by atoms with Crippen molar-refractivity contribution in [1.29, 1.82) is 0 Å². The van der Waals surface area contributed by atoms with Crippen LogP contribution in [0.3, 0.4) is 0 Å². The van der Waals surface area contributed by atoms with E-state index in [9.17, 15) is 4.79 Å². The zero-order valence-corrected chi connectivity index (χ0v) is 17.0. The van der Waals surface area contributed by atoms with E-state index in [0.717, 1.165) is 54.6 Å². The molecule has 1 aromatic carbocycles. The summed E-state index contributed by atoms with van der Waals surface area (Å²) in [5.74, 6) is 1.07. The summed E-state index contributed by atoms with van der Waals surface area (Å²) in [6.07, 6.45) is 2.80. The Kier molecular flexibility index (Phi) is 7.91. The van der Waals surface area contributed by atoms with Crippen LogP contribution in [-0.4, -0.2) is 48.0 Å². The number of carbonyl (C=O) groups is 1. The van der Waals surface area contributed by atoms with Crippen LogP contribution >= 0.6 is 23.4 Å². The molecule has 0 bridgehead atoms. The maximum Gasteiger partial charge on any atom is 0.407 e. The minimum absolute atomic E-state index is 0.226. The summed E-state index contributed by atoms with van der Waals surface area (Å²) in [6, 6.07) is 8.22. The highest BCUT2D eigenvalue weighted by molar-refractivity contribution is 7.99. The molecular formula is C19H29ClN2O2S. The summed E-state index contributed by atoms with van der Waals surface area (Å²) in [5.41, 5.74) is -0.440. The standard InChI is InChI=1S/C19H29ClN2O2S/c1-19(2,3)24-18(23)21-15-9-12-22(13-10-15)11-6-14-25-17-8-5-4-7-16(17)20/h4-5,7-8,15H,6,9-14H2,1-3H3,(H,21,23). The number of thioether (sulfide) groups is 1. The molecule has 0 spiro atoms. The molecule has 1 saturated heterocycles. The van der Waals surface area contributed by atoms with Gasteiger partial charge < -0.3 is 15.0 Å². The number of likely N-dealkylation sites (tertiary alicyclic amines) is 1. The van der Waals surface area contributed by atoms with Gasteiger partial charge in [-0.25, -0.2) is 4.79 Å².